The fraction of sp³-hybridized carbons (Fsp3) is 0.267. The second-order valence-electron chi connectivity index (χ2n) is 4.62. The largest absolute Gasteiger partial charge is 0.338 e. The summed E-state index contributed by atoms with van der Waals surface area (Å²) in [6, 6.07) is 4.94. The van der Waals surface area contributed by atoms with Gasteiger partial charge in [0.05, 0.1) is 17.1 Å². The standard InChI is InChI=1S/C15H15N3O/c1-4-12(10(2)3)18-15(19)11-5-6-13-14(9-11)17-8-7-16-13/h1,5-10,12H,2-3H3,(H,18,19). The number of nitrogens with one attached hydrogen (secondary N) is 1. The number of fused-ring (bicyclic) bond motifs is 1. The van der Waals surface area contributed by atoms with Crippen LogP contribution in [0.1, 0.15) is 24.2 Å². The molecule has 1 heterocycles. The van der Waals surface area contributed by atoms with Crippen LogP contribution in [0.15, 0.2) is 30.6 Å². The SMILES string of the molecule is C#CC(NC(=O)c1ccc2nccnc2c1)C(C)C. The van der Waals surface area contributed by atoms with Crippen LogP contribution in [0.3, 0.4) is 0 Å². The maximum atomic E-state index is 12.1. The van der Waals surface area contributed by atoms with Gasteiger partial charge >= 0.3 is 0 Å². The van der Waals surface area contributed by atoms with E-state index in [1.807, 2.05) is 13.8 Å². The van der Waals surface area contributed by atoms with Gasteiger partial charge in [0.25, 0.3) is 5.91 Å². The monoisotopic (exact) mass is 253 g/mol. The highest BCUT2D eigenvalue weighted by atomic mass is 16.1. The van der Waals surface area contributed by atoms with Crippen molar-refractivity contribution in [3.05, 3.63) is 36.2 Å². The van der Waals surface area contributed by atoms with Crippen LogP contribution in [0, 0.1) is 18.3 Å². The summed E-state index contributed by atoms with van der Waals surface area (Å²) in [6.07, 6.45) is 8.62. The predicted octanol–water partition coefficient (Wildman–Crippen LogP) is 2.02. The molecule has 4 heteroatoms. The molecule has 0 saturated heterocycles. The van der Waals surface area contributed by atoms with Gasteiger partial charge in [0.15, 0.2) is 0 Å². The molecule has 0 radical (unpaired) electrons. The van der Waals surface area contributed by atoms with Crippen LogP contribution in [0.5, 0.6) is 0 Å². The number of nitrogens with zero attached hydrogens (tertiary/aromatic N) is 2. The first-order valence-electron chi connectivity index (χ1n) is 6.09. The van der Waals surface area contributed by atoms with E-state index in [-0.39, 0.29) is 17.9 Å². The van der Waals surface area contributed by atoms with E-state index in [1.54, 1.807) is 30.6 Å². The average molecular weight is 253 g/mol. The lowest BCUT2D eigenvalue weighted by atomic mass is 10.0. The molecule has 1 aromatic carbocycles. The number of carbonyl (C=O) groups excluding carboxylic acids is 1. The topological polar surface area (TPSA) is 54.9 Å². The van der Waals surface area contributed by atoms with Crippen LogP contribution in [0.25, 0.3) is 11.0 Å². The van der Waals surface area contributed by atoms with Gasteiger partial charge in [-0.1, -0.05) is 19.8 Å². The van der Waals surface area contributed by atoms with Crippen molar-refractivity contribution in [2.24, 2.45) is 5.92 Å². The predicted molar refractivity (Wildman–Crippen MR) is 74.5 cm³/mol. The number of hydrogen-bond acceptors (Lipinski definition) is 3. The third-order valence-electron chi connectivity index (χ3n) is 2.86. The molecule has 2 rings (SSSR count). The van der Waals surface area contributed by atoms with Crippen molar-refractivity contribution in [3.8, 4) is 12.3 Å². The molecule has 0 aliphatic carbocycles. The maximum Gasteiger partial charge on any atom is 0.252 e. The molecule has 1 unspecified atom stereocenters. The van der Waals surface area contributed by atoms with Gasteiger partial charge in [0.2, 0.25) is 0 Å². The van der Waals surface area contributed by atoms with Gasteiger partial charge in [-0.25, -0.2) is 0 Å². The van der Waals surface area contributed by atoms with Crippen molar-refractivity contribution in [1.82, 2.24) is 15.3 Å². The molecule has 4 nitrogen and oxygen atoms in total. The molecule has 0 fully saturated rings. The number of rotatable bonds is 3. The normalized spacial score (nSPS) is 12.1. The second kappa shape index (κ2) is 5.49. The number of terminal acetylenes is 1. The summed E-state index contributed by atoms with van der Waals surface area (Å²) < 4.78 is 0. The first-order chi connectivity index (χ1) is 9.11. The molecular formula is C15H15N3O. The van der Waals surface area contributed by atoms with Crippen LogP contribution in [0.2, 0.25) is 0 Å². The minimum Gasteiger partial charge on any atom is -0.338 e. The van der Waals surface area contributed by atoms with Gasteiger partial charge < -0.3 is 5.32 Å². The van der Waals surface area contributed by atoms with E-state index < -0.39 is 0 Å². The van der Waals surface area contributed by atoms with E-state index in [2.05, 4.69) is 21.2 Å². The lowest BCUT2D eigenvalue weighted by molar-refractivity contribution is 0.0938. The van der Waals surface area contributed by atoms with Crippen molar-refractivity contribution in [2.75, 3.05) is 0 Å². The lowest BCUT2D eigenvalue weighted by Gasteiger charge is -2.16. The highest BCUT2D eigenvalue weighted by Gasteiger charge is 2.15. The molecule has 1 aromatic heterocycles. The minimum atomic E-state index is -0.273. The van der Waals surface area contributed by atoms with Crippen LogP contribution in [0.4, 0.5) is 0 Å². The highest BCUT2D eigenvalue weighted by molar-refractivity contribution is 5.97. The number of aromatic nitrogens is 2. The summed E-state index contributed by atoms with van der Waals surface area (Å²) in [6.45, 7) is 3.94. The summed E-state index contributed by atoms with van der Waals surface area (Å²) in [4.78, 5) is 20.4. The first kappa shape index (κ1) is 13.0. The molecule has 19 heavy (non-hydrogen) atoms. The Labute approximate surface area is 112 Å². The van der Waals surface area contributed by atoms with Crippen molar-refractivity contribution in [3.63, 3.8) is 0 Å². The molecule has 0 aliphatic heterocycles. The fourth-order valence-corrected chi connectivity index (χ4v) is 1.73. The Balaban J connectivity index is 2.24. The summed E-state index contributed by atoms with van der Waals surface area (Å²) in [5, 5.41) is 2.82. The molecular weight excluding hydrogens is 238 g/mol. The van der Waals surface area contributed by atoms with Crippen molar-refractivity contribution >= 4 is 16.9 Å². The molecule has 0 aliphatic rings. The van der Waals surface area contributed by atoms with Gasteiger partial charge in [-0.3, -0.25) is 14.8 Å². The van der Waals surface area contributed by atoms with Crippen LogP contribution >= 0.6 is 0 Å². The van der Waals surface area contributed by atoms with Crippen LogP contribution in [-0.4, -0.2) is 21.9 Å². The zero-order valence-corrected chi connectivity index (χ0v) is 10.9. The molecule has 1 atom stereocenters. The molecule has 0 bridgehead atoms. The zero-order valence-electron chi connectivity index (χ0n) is 10.9. The van der Waals surface area contributed by atoms with Gasteiger partial charge in [-0.05, 0) is 24.1 Å². The van der Waals surface area contributed by atoms with E-state index in [1.165, 1.54) is 0 Å². The zero-order chi connectivity index (χ0) is 13.8. The van der Waals surface area contributed by atoms with Crippen LogP contribution in [-0.2, 0) is 0 Å². The Morgan fingerprint density at radius 1 is 1.26 bits per heavy atom. The fourth-order valence-electron chi connectivity index (χ4n) is 1.73. The molecule has 0 spiro atoms. The van der Waals surface area contributed by atoms with E-state index in [4.69, 9.17) is 6.42 Å². The quantitative estimate of drug-likeness (QED) is 0.851. The van der Waals surface area contributed by atoms with E-state index >= 15 is 0 Å². The molecule has 0 saturated carbocycles. The van der Waals surface area contributed by atoms with E-state index in [0.717, 1.165) is 5.52 Å². The van der Waals surface area contributed by atoms with Crippen molar-refractivity contribution < 1.29 is 4.79 Å². The van der Waals surface area contributed by atoms with E-state index in [9.17, 15) is 4.79 Å². The molecule has 1 N–H and O–H groups in total. The maximum absolute atomic E-state index is 12.1. The Hall–Kier alpha value is -2.41. The lowest BCUT2D eigenvalue weighted by Crippen LogP contribution is -2.37. The number of amides is 1. The molecule has 96 valence electrons. The summed E-state index contributed by atoms with van der Waals surface area (Å²) in [5.74, 6) is 2.58. The number of hydrogen-bond donors (Lipinski definition) is 1. The third kappa shape index (κ3) is 2.89. The third-order valence-corrected chi connectivity index (χ3v) is 2.86. The summed E-state index contributed by atoms with van der Waals surface area (Å²) in [5.41, 5.74) is 1.99. The van der Waals surface area contributed by atoms with Gasteiger partial charge in [0.1, 0.15) is 0 Å². The number of carbonyl (C=O) groups is 1. The van der Waals surface area contributed by atoms with Crippen molar-refractivity contribution in [2.45, 2.75) is 19.9 Å². The van der Waals surface area contributed by atoms with Crippen molar-refractivity contribution in [1.29, 1.82) is 0 Å². The second-order valence-corrected chi connectivity index (χ2v) is 4.62. The van der Waals surface area contributed by atoms with Gasteiger partial charge in [-0.2, -0.15) is 0 Å². The Kier molecular flexibility index (Phi) is 3.76. The van der Waals surface area contributed by atoms with Gasteiger partial charge in [-0.15, -0.1) is 6.42 Å². The van der Waals surface area contributed by atoms with E-state index in [0.29, 0.717) is 11.1 Å². The Bertz CT molecular complexity index is 643. The van der Waals surface area contributed by atoms with Gasteiger partial charge in [0, 0.05) is 18.0 Å². The smallest absolute Gasteiger partial charge is 0.252 e. The summed E-state index contributed by atoms with van der Waals surface area (Å²) >= 11 is 0. The number of benzene rings is 1. The minimum absolute atomic E-state index is 0.189. The Morgan fingerprint density at radius 2 is 1.95 bits per heavy atom. The Morgan fingerprint density at radius 3 is 2.58 bits per heavy atom. The summed E-state index contributed by atoms with van der Waals surface area (Å²) in [7, 11) is 0. The molecule has 1 amide bonds. The first-order valence-corrected chi connectivity index (χ1v) is 6.09. The van der Waals surface area contributed by atoms with Crippen LogP contribution < -0.4 is 5.32 Å². The molecule has 2 aromatic rings. The highest BCUT2D eigenvalue weighted by Crippen LogP contribution is 2.11. The average Bonchev–Trinajstić information content (AvgIpc) is 2.43.